The van der Waals surface area contributed by atoms with Crippen molar-refractivity contribution in [3.8, 4) is 0 Å². The van der Waals surface area contributed by atoms with Crippen LogP contribution >= 0.6 is 0 Å². The Labute approximate surface area is 204 Å². The van der Waals surface area contributed by atoms with E-state index in [4.69, 9.17) is 5.73 Å². The molecule has 0 spiro atoms. The van der Waals surface area contributed by atoms with Crippen LogP contribution in [-0.4, -0.2) is 81.1 Å². The molecule has 0 bridgehead atoms. The second-order valence-corrected chi connectivity index (χ2v) is 11.3. The average Bonchev–Trinajstić information content (AvgIpc) is 3.26. The van der Waals surface area contributed by atoms with Gasteiger partial charge in [-0.2, -0.15) is 0 Å². The van der Waals surface area contributed by atoms with Gasteiger partial charge in [-0.1, -0.05) is 0 Å². The van der Waals surface area contributed by atoms with Crippen LogP contribution in [0.3, 0.4) is 0 Å². The molecule has 1 amide bonds. The Balaban J connectivity index is 1.19. The first-order chi connectivity index (χ1) is 16.8. The molecule has 0 unspecified atom stereocenters. The molecular formula is C23H30N8O3S. The number of nitrogen functional groups attached to an aromatic ring is 1. The fraction of sp³-hybridized carbons (Fsp3) is 0.522. The molecule has 3 aromatic heterocycles. The first kappa shape index (κ1) is 23.6. The number of hydrogen-bond donors (Lipinski definition) is 1. The van der Waals surface area contributed by atoms with Gasteiger partial charge in [0.15, 0.2) is 5.65 Å². The summed E-state index contributed by atoms with van der Waals surface area (Å²) in [6, 6.07) is 3.47. The van der Waals surface area contributed by atoms with Crippen LogP contribution in [-0.2, 0) is 21.2 Å². The van der Waals surface area contributed by atoms with Crippen molar-refractivity contribution in [2.75, 3.05) is 38.2 Å². The number of carbonyl (C=O) groups is 1. The Morgan fingerprint density at radius 1 is 1.06 bits per heavy atom. The topological polar surface area (TPSA) is 140 Å². The monoisotopic (exact) mass is 498 g/mol. The minimum absolute atomic E-state index is 0.0211. The molecule has 3 aromatic rings. The largest absolute Gasteiger partial charge is 0.368 e. The van der Waals surface area contributed by atoms with Crippen LogP contribution in [0.25, 0.3) is 11.2 Å². The van der Waals surface area contributed by atoms with Gasteiger partial charge < -0.3 is 10.6 Å². The van der Waals surface area contributed by atoms with Crippen molar-refractivity contribution in [3.05, 3.63) is 36.3 Å². The lowest BCUT2D eigenvalue weighted by Gasteiger charge is -2.37. The minimum Gasteiger partial charge on any atom is -0.368 e. The number of hydrogen-bond acceptors (Lipinski definition) is 9. The molecule has 2 aliphatic rings. The highest BCUT2D eigenvalue weighted by Crippen LogP contribution is 2.31. The number of likely N-dealkylation sites (tertiary alicyclic amines) is 2. The van der Waals surface area contributed by atoms with Crippen LogP contribution in [0.15, 0.2) is 35.9 Å². The quantitative estimate of drug-likeness (QED) is 0.551. The Bertz CT molecular complexity index is 1310. The number of amides is 1. The highest BCUT2D eigenvalue weighted by atomic mass is 32.2. The third-order valence-corrected chi connectivity index (χ3v) is 7.91. The molecule has 12 heteroatoms. The molecule has 0 radical (unpaired) electrons. The van der Waals surface area contributed by atoms with Gasteiger partial charge in [-0.3, -0.25) is 14.3 Å². The molecule has 2 fully saturated rings. The maximum Gasteiger partial charge on any atom is 0.229 e. The van der Waals surface area contributed by atoms with E-state index in [0.29, 0.717) is 37.1 Å². The van der Waals surface area contributed by atoms with E-state index >= 15 is 0 Å². The number of rotatable bonds is 5. The molecule has 0 aromatic carbocycles. The molecule has 11 nitrogen and oxygen atoms in total. The fourth-order valence-corrected chi connectivity index (χ4v) is 6.00. The molecule has 186 valence electrons. The highest BCUT2D eigenvalue weighted by Gasteiger charge is 2.33. The fourth-order valence-electron chi connectivity index (χ4n) is 5.14. The molecule has 0 atom stereocenters. The van der Waals surface area contributed by atoms with E-state index in [9.17, 15) is 13.2 Å². The van der Waals surface area contributed by atoms with Gasteiger partial charge in [0.25, 0.3) is 0 Å². The Hall–Kier alpha value is -3.12. The summed E-state index contributed by atoms with van der Waals surface area (Å²) in [6.07, 6.45) is 9.31. The second kappa shape index (κ2) is 9.50. The number of sulfone groups is 1. The van der Waals surface area contributed by atoms with E-state index in [1.165, 1.54) is 6.26 Å². The molecule has 0 aliphatic carbocycles. The van der Waals surface area contributed by atoms with Crippen LogP contribution in [0.1, 0.15) is 37.3 Å². The molecule has 5 heterocycles. The van der Waals surface area contributed by atoms with Gasteiger partial charge in [-0.05, 0) is 50.9 Å². The van der Waals surface area contributed by atoms with Crippen molar-refractivity contribution in [1.29, 1.82) is 0 Å². The van der Waals surface area contributed by atoms with E-state index in [0.717, 1.165) is 38.0 Å². The van der Waals surface area contributed by atoms with Gasteiger partial charge in [0.1, 0.15) is 5.52 Å². The van der Waals surface area contributed by atoms with E-state index in [1.54, 1.807) is 35.3 Å². The zero-order valence-electron chi connectivity index (χ0n) is 19.7. The zero-order chi connectivity index (χ0) is 24.6. The SMILES string of the molecule is CS(=O)(=O)c1nc2cccnc2n1C1CCN(C(=O)C2CCN(Cc3cnc(N)nc3)CC2)CC1. The van der Waals surface area contributed by atoms with Crippen molar-refractivity contribution < 1.29 is 13.2 Å². The number of imidazole rings is 1. The molecule has 2 N–H and O–H groups in total. The average molecular weight is 499 g/mol. The predicted octanol–water partition coefficient (Wildman–Crippen LogP) is 1.28. The minimum atomic E-state index is -3.51. The number of carbonyl (C=O) groups excluding carboxylic acids is 1. The summed E-state index contributed by atoms with van der Waals surface area (Å²) in [7, 11) is -3.51. The summed E-state index contributed by atoms with van der Waals surface area (Å²) in [5, 5.41) is 0.0508. The van der Waals surface area contributed by atoms with Crippen molar-refractivity contribution in [1.82, 2.24) is 34.3 Å². The molecule has 2 saturated heterocycles. The number of pyridine rings is 1. The van der Waals surface area contributed by atoms with Crippen LogP contribution in [0, 0.1) is 5.92 Å². The summed E-state index contributed by atoms with van der Waals surface area (Å²) in [5.41, 5.74) is 7.72. The van der Waals surface area contributed by atoms with Gasteiger partial charge >= 0.3 is 0 Å². The second-order valence-electron chi connectivity index (χ2n) is 9.44. The summed E-state index contributed by atoms with van der Waals surface area (Å²) in [4.78, 5) is 34.3. The normalized spacial score (nSPS) is 18.8. The predicted molar refractivity (Wildman–Crippen MR) is 130 cm³/mol. The first-order valence-corrected chi connectivity index (χ1v) is 13.8. The number of anilines is 1. The van der Waals surface area contributed by atoms with E-state index in [-0.39, 0.29) is 29.0 Å². The number of nitrogens with zero attached hydrogens (tertiary/aromatic N) is 7. The summed E-state index contributed by atoms with van der Waals surface area (Å²) >= 11 is 0. The lowest BCUT2D eigenvalue weighted by molar-refractivity contribution is -0.138. The van der Waals surface area contributed by atoms with E-state index in [2.05, 4.69) is 24.8 Å². The van der Waals surface area contributed by atoms with Gasteiger partial charge in [0.05, 0.1) is 0 Å². The third kappa shape index (κ3) is 4.98. The molecule has 0 saturated carbocycles. The third-order valence-electron chi connectivity index (χ3n) is 6.96. The molecular weight excluding hydrogens is 468 g/mol. The van der Waals surface area contributed by atoms with Gasteiger partial charge in [-0.25, -0.2) is 28.4 Å². The standard InChI is InChI=1S/C23H30N8O3S/c1-35(33,34)23-28-19-3-2-8-25-20(19)31(23)18-6-11-30(12-7-18)21(32)17-4-9-29(10-5-17)15-16-13-26-22(24)27-14-16/h2-3,8,13-14,17-18H,4-7,9-12,15H2,1H3,(H2,24,26,27). The molecule has 35 heavy (non-hydrogen) atoms. The number of aromatic nitrogens is 5. The summed E-state index contributed by atoms with van der Waals surface area (Å²) in [5.74, 6) is 0.496. The maximum absolute atomic E-state index is 13.2. The number of piperidine rings is 2. The van der Waals surface area contributed by atoms with Gasteiger partial charge in [-0.15, -0.1) is 0 Å². The van der Waals surface area contributed by atoms with Crippen LogP contribution in [0.2, 0.25) is 0 Å². The van der Waals surface area contributed by atoms with Crippen molar-refractivity contribution >= 4 is 32.9 Å². The summed E-state index contributed by atoms with van der Waals surface area (Å²) < 4.78 is 26.6. The van der Waals surface area contributed by atoms with Crippen LogP contribution in [0.5, 0.6) is 0 Å². The Morgan fingerprint density at radius 3 is 2.40 bits per heavy atom. The lowest BCUT2D eigenvalue weighted by Crippen LogP contribution is -2.45. The van der Waals surface area contributed by atoms with Crippen molar-refractivity contribution in [2.24, 2.45) is 5.92 Å². The number of fused-ring (bicyclic) bond motifs is 1. The molecule has 5 rings (SSSR count). The maximum atomic E-state index is 13.2. The number of nitrogens with two attached hydrogens (primary N) is 1. The van der Waals surface area contributed by atoms with Gasteiger partial charge in [0, 0.05) is 62.0 Å². The zero-order valence-corrected chi connectivity index (χ0v) is 20.6. The summed E-state index contributed by atoms with van der Waals surface area (Å²) in [6.45, 7) is 3.65. The van der Waals surface area contributed by atoms with E-state index in [1.807, 2.05) is 4.90 Å². The van der Waals surface area contributed by atoms with Crippen LogP contribution in [0.4, 0.5) is 5.95 Å². The Morgan fingerprint density at radius 2 is 1.74 bits per heavy atom. The van der Waals surface area contributed by atoms with Gasteiger partial charge in [0.2, 0.25) is 26.8 Å². The Kier molecular flexibility index (Phi) is 6.41. The lowest BCUT2D eigenvalue weighted by atomic mass is 9.93. The van der Waals surface area contributed by atoms with Crippen LogP contribution < -0.4 is 5.73 Å². The van der Waals surface area contributed by atoms with Crippen molar-refractivity contribution in [3.63, 3.8) is 0 Å². The highest BCUT2D eigenvalue weighted by molar-refractivity contribution is 7.90. The van der Waals surface area contributed by atoms with Crippen molar-refractivity contribution in [2.45, 2.75) is 43.4 Å². The molecule has 2 aliphatic heterocycles. The van der Waals surface area contributed by atoms with E-state index < -0.39 is 9.84 Å². The first-order valence-electron chi connectivity index (χ1n) is 11.9. The smallest absolute Gasteiger partial charge is 0.229 e.